The normalized spacial score (nSPS) is 10.5. The number of anilines is 1. The molecule has 13 heavy (non-hydrogen) atoms. The van der Waals surface area contributed by atoms with Gasteiger partial charge in [-0.2, -0.15) is 0 Å². The van der Waals surface area contributed by atoms with Crippen LogP contribution in [0.15, 0.2) is 24.3 Å². The molecule has 3 N–H and O–H groups in total. The van der Waals surface area contributed by atoms with Gasteiger partial charge >= 0.3 is 0 Å². The van der Waals surface area contributed by atoms with E-state index in [0.29, 0.717) is 0 Å². The van der Waals surface area contributed by atoms with Gasteiger partial charge in [-0.25, -0.2) is 0 Å². The molecule has 0 heterocycles. The quantitative estimate of drug-likeness (QED) is 0.541. The van der Waals surface area contributed by atoms with Crippen LogP contribution in [0.4, 0.5) is 5.69 Å². The second kappa shape index (κ2) is 4.49. The molecule has 0 aromatic heterocycles. The van der Waals surface area contributed by atoms with Crippen LogP contribution in [0, 0.1) is 0 Å². The van der Waals surface area contributed by atoms with Gasteiger partial charge in [-0.15, -0.1) is 12.4 Å². The lowest BCUT2D eigenvalue weighted by Crippen LogP contribution is -2.11. The molecule has 0 saturated carbocycles. The Balaban J connectivity index is 0.00000144. The van der Waals surface area contributed by atoms with E-state index in [-0.39, 0.29) is 17.8 Å². The van der Waals surface area contributed by atoms with Gasteiger partial charge in [0.2, 0.25) is 0 Å². The van der Waals surface area contributed by atoms with E-state index in [1.54, 1.807) is 0 Å². The number of hydrogen-bond acceptors (Lipinski definition) is 2. The highest BCUT2D eigenvalue weighted by Gasteiger charge is 2.12. The number of rotatable bonds is 1. The fraction of sp³-hybridized carbons (Fsp3) is 0.400. The summed E-state index contributed by atoms with van der Waals surface area (Å²) in [4.78, 5) is 0. The first-order valence-corrected chi connectivity index (χ1v) is 4.11. The molecule has 0 aliphatic heterocycles. The van der Waals surface area contributed by atoms with Crippen LogP contribution in [-0.2, 0) is 5.41 Å². The number of hydrogen-bond donors (Lipinski definition) is 2. The van der Waals surface area contributed by atoms with Crippen molar-refractivity contribution in [3.05, 3.63) is 29.8 Å². The molecule has 2 nitrogen and oxygen atoms in total. The highest BCUT2D eigenvalue weighted by atomic mass is 35.5. The third-order valence-electron chi connectivity index (χ3n) is 1.92. The van der Waals surface area contributed by atoms with Crippen molar-refractivity contribution >= 4 is 18.1 Å². The second-order valence-electron chi connectivity index (χ2n) is 3.97. The first kappa shape index (κ1) is 12.3. The molecule has 0 bridgehead atoms. The van der Waals surface area contributed by atoms with Crippen LogP contribution in [0.1, 0.15) is 26.3 Å². The summed E-state index contributed by atoms with van der Waals surface area (Å²) in [6.07, 6.45) is 0. The fourth-order valence-corrected chi connectivity index (χ4v) is 1.07. The maximum absolute atomic E-state index is 5.26. The molecule has 0 aliphatic carbocycles. The highest BCUT2D eigenvalue weighted by molar-refractivity contribution is 5.85. The number of nitrogens with one attached hydrogen (secondary N) is 1. The molecular formula is C10H17ClN2. The minimum atomic E-state index is 0. The van der Waals surface area contributed by atoms with Crippen LogP contribution in [0.5, 0.6) is 0 Å². The smallest absolute Gasteiger partial charge is 0.0485 e. The second-order valence-corrected chi connectivity index (χ2v) is 3.97. The Morgan fingerprint density at radius 1 is 1.08 bits per heavy atom. The van der Waals surface area contributed by atoms with Gasteiger partial charge in [-0.1, -0.05) is 32.9 Å². The number of nitrogens with two attached hydrogens (primary N) is 1. The molecule has 0 radical (unpaired) electrons. The highest BCUT2D eigenvalue weighted by Crippen LogP contribution is 2.22. The molecule has 0 aliphatic rings. The zero-order valence-electron chi connectivity index (χ0n) is 8.29. The maximum Gasteiger partial charge on any atom is 0.0485 e. The number of hydrazine groups is 1. The van der Waals surface area contributed by atoms with Gasteiger partial charge < -0.3 is 5.43 Å². The summed E-state index contributed by atoms with van der Waals surface area (Å²) in [5, 5.41) is 0. The van der Waals surface area contributed by atoms with Crippen molar-refractivity contribution in [1.82, 2.24) is 0 Å². The molecule has 0 unspecified atom stereocenters. The maximum atomic E-state index is 5.26. The van der Waals surface area contributed by atoms with Gasteiger partial charge in [-0.05, 0) is 23.1 Å². The Kier molecular flexibility index (Phi) is 4.24. The summed E-state index contributed by atoms with van der Waals surface area (Å²) in [7, 11) is 0. The minimum absolute atomic E-state index is 0. The Morgan fingerprint density at radius 2 is 1.54 bits per heavy atom. The van der Waals surface area contributed by atoms with Crippen LogP contribution >= 0.6 is 12.4 Å². The summed E-state index contributed by atoms with van der Waals surface area (Å²) in [6, 6.07) is 8.16. The molecule has 1 aromatic carbocycles. The Bertz CT molecular complexity index is 249. The van der Waals surface area contributed by atoms with E-state index >= 15 is 0 Å². The van der Waals surface area contributed by atoms with Crippen molar-refractivity contribution in [2.75, 3.05) is 5.43 Å². The molecular weight excluding hydrogens is 184 g/mol. The van der Waals surface area contributed by atoms with Crippen LogP contribution in [0.25, 0.3) is 0 Å². The Hall–Kier alpha value is -0.730. The van der Waals surface area contributed by atoms with Crippen molar-refractivity contribution in [3.8, 4) is 0 Å². The summed E-state index contributed by atoms with van der Waals surface area (Å²) < 4.78 is 0. The van der Waals surface area contributed by atoms with E-state index in [2.05, 4.69) is 38.3 Å². The summed E-state index contributed by atoms with van der Waals surface area (Å²) in [5.41, 5.74) is 5.09. The van der Waals surface area contributed by atoms with Crippen molar-refractivity contribution in [3.63, 3.8) is 0 Å². The van der Waals surface area contributed by atoms with Crippen molar-refractivity contribution < 1.29 is 0 Å². The number of benzene rings is 1. The first-order valence-electron chi connectivity index (χ1n) is 4.11. The Morgan fingerprint density at radius 3 is 1.85 bits per heavy atom. The van der Waals surface area contributed by atoms with E-state index in [9.17, 15) is 0 Å². The zero-order valence-corrected chi connectivity index (χ0v) is 9.11. The predicted octanol–water partition coefficient (Wildman–Crippen LogP) is 2.69. The van der Waals surface area contributed by atoms with Gasteiger partial charge in [0.1, 0.15) is 0 Å². The topological polar surface area (TPSA) is 38.0 Å². The predicted molar refractivity (Wildman–Crippen MR) is 60.2 cm³/mol. The lowest BCUT2D eigenvalue weighted by atomic mass is 9.87. The van der Waals surface area contributed by atoms with Crippen LogP contribution in [-0.4, -0.2) is 0 Å². The molecule has 0 fully saturated rings. The lowest BCUT2D eigenvalue weighted by Gasteiger charge is -2.18. The fourth-order valence-electron chi connectivity index (χ4n) is 1.07. The summed E-state index contributed by atoms with van der Waals surface area (Å²) >= 11 is 0. The third-order valence-corrected chi connectivity index (χ3v) is 1.92. The van der Waals surface area contributed by atoms with Gasteiger partial charge in [0.25, 0.3) is 0 Å². The van der Waals surface area contributed by atoms with Gasteiger partial charge in [0, 0.05) is 5.69 Å². The van der Waals surface area contributed by atoms with E-state index in [0.717, 1.165) is 5.69 Å². The van der Waals surface area contributed by atoms with E-state index in [1.165, 1.54) is 5.56 Å². The molecule has 74 valence electrons. The van der Waals surface area contributed by atoms with E-state index in [1.807, 2.05) is 12.1 Å². The molecule has 0 atom stereocenters. The summed E-state index contributed by atoms with van der Waals surface area (Å²) in [6.45, 7) is 6.58. The summed E-state index contributed by atoms with van der Waals surface area (Å²) in [5.74, 6) is 5.26. The Labute approximate surface area is 85.9 Å². The van der Waals surface area contributed by atoms with Crippen LogP contribution in [0.3, 0.4) is 0 Å². The molecule has 0 spiro atoms. The van der Waals surface area contributed by atoms with Crippen molar-refractivity contribution in [1.29, 1.82) is 0 Å². The SMILES string of the molecule is CC(C)(C)c1ccc(NN)cc1.Cl. The average Bonchev–Trinajstić information content (AvgIpc) is 2.03. The van der Waals surface area contributed by atoms with E-state index in [4.69, 9.17) is 5.84 Å². The molecule has 1 aromatic rings. The van der Waals surface area contributed by atoms with Crippen LogP contribution in [0.2, 0.25) is 0 Å². The first-order chi connectivity index (χ1) is 5.54. The van der Waals surface area contributed by atoms with Gasteiger partial charge in [0.15, 0.2) is 0 Å². The molecule has 0 saturated heterocycles. The average molecular weight is 201 g/mol. The largest absolute Gasteiger partial charge is 0.324 e. The zero-order chi connectivity index (χ0) is 9.19. The van der Waals surface area contributed by atoms with E-state index < -0.39 is 0 Å². The third kappa shape index (κ3) is 3.25. The van der Waals surface area contributed by atoms with Crippen LogP contribution < -0.4 is 11.3 Å². The monoisotopic (exact) mass is 200 g/mol. The minimum Gasteiger partial charge on any atom is -0.324 e. The lowest BCUT2D eigenvalue weighted by molar-refractivity contribution is 0.590. The molecule has 3 heteroatoms. The van der Waals surface area contributed by atoms with Gasteiger partial charge in [0.05, 0.1) is 0 Å². The number of nitrogen functional groups attached to an aromatic ring is 1. The molecule has 1 rings (SSSR count). The number of halogens is 1. The van der Waals surface area contributed by atoms with Gasteiger partial charge in [-0.3, -0.25) is 5.84 Å². The standard InChI is InChI=1S/C10H16N2.ClH/c1-10(2,3)8-4-6-9(12-11)7-5-8;/h4-7,12H,11H2,1-3H3;1H. The molecule has 0 amide bonds. The van der Waals surface area contributed by atoms with Crippen molar-refractivity contribution in [2.24, 2.45) is 5.84 Å². The van der Waals surface area contributed by atoms with Crippen molar-refractivity contribution in [2.45, 2.75) is 26.2 Å².